The van der Waals surface area contributed by atoms with Crippen molar-refractivity contribution in [3.05, 3.63) is 102 Å². The lowest BCUT2D eigenvalue weighted by Crippen LogP contribution is -1.95. The number of pyridine rings is 1. The van der Waals surface area contributed by atoms with Gasteiger partial charge in [0.2, 0.25) is 0 Å². The topological polar surface area (TPSA) is 66.6 Å². The second-order valence-corrected chi connectivity index (χ2v) is 8.73. The second kappa shape index (κ2) is 8.41. The van der Waals surface area contributed by atoms with Gasteiger partial charge in [0.05, 0.1) is 17.6 Å². The van der Waals surface area contributed by atoms with Crippen molar-refractivity contribution < 1.29 is 4.74 Å². The molecule has 0 unspecified atom stereocenters. The maximum atomic E-state index is 5.93. The average molecular weight is 449 g/mol. The molecule has 0 saturated heterocycles. The minimum Gasteiger partial charge on any atom is -0.487 e. The molecule has 0 saturated carbocycles. The molecule has 4 heterocycles. The fraction of sp³-hybridized carbons (Fsp3) is 0.0370. The molecule has 0 spiro atoms. The minimum atomic E-state index is 0.502. The van der Waals surface area contributed by atoms with Gasteiger partial charge in [0.1, 0.15) is 18.1 Å². The molecule has 33 heavy (non-hydrogen) atoms. The summed E-state index contributed by atoms with van der Waals surface area (Å²) in [5, 5.41) is 11.0. The summed E-state index contributed by atoms with van der Waals surface area (Å²) in [7, 11) is 0. The van der Waals surface area contributed by atoms with Gasteiger partial charge in [-0.1, -0.05) is 48.5 Å². The fourth-order valence-corrected chi connectivity index (χ4v) is 4.70. The Morgan fingerprint density at radius 1 is 0.848 bits per heavy atom. The van der Waals surface area contributed by atoms with Crippen molar-refractivity contribution in [3.8, 4) is 38.8 Å². The van der Waals surface area contributed by atoms with E-state index in [-0.39, 0.29) is 0 Å². The van der Waals surface area contributed by atoms with E-state index in [0.717, 1.165) is 39.5 Å². The van der Waals surface area contributed by atoms with E-state index in [2.05, 4.69) is 61.9 Å². The van der Waals surface area contributed by atoms with Crippen LogP contribution in [0.25, 0.3) is 44.0 Å². The summed E-state index contributed by atoms with van der Waals surface area (Å²) in [6, 6.07) is 26.9. The summed E-state index contributed by atoms with van der Waals surface area (Å²) in [4.78, 5) is 9.12. The molecule has 4 aromatic heterocycles. The van der Waals surface area contributed by atoms with Crippen LogP contribution in [0, 0.1) is 0 Å². The van der Waals surface area contributed by atoms with Crippen molar-refractivity contribution in [2.75, 3.05) is 0 Å². The first-order chi connectivity index (χ1) is 16.3. The molecule has 0 atom stereocenters. The Balaban J connectivity index is 1.27. The maximum absolute atomic E-state index is 5.93. The highest BCUT2D eigenvalue weighted by atomic mass is 32.1. The summed E-state index contributed by atoms with van der Waals surface area (Å²) < 4.78 is 5.93. The molecule has 2 N–H and O–H groups in total. The highest BCUT2D eigenvalue weighted by molar-refractivity contribution is 7.13. The molecule has 160 valence electrons. The molecule has 0 aliphatic rings. The zero-order valence-corrected chi connectivity index (χ0v) is 18.5. The minimum absolute atomic E-state index is 0.502. The van der Waals surface area contributed by atoms with Crippen LogP contribution in [0.4, 0.5) is 0 Å². The average Bonchev–Trinajstić information content (AvgIpc) is 3.63. The number of rotatable bonds is 6. The molecular formula is C27H20N4OS. The lowest BCUT2D eigenvalue weighted by molar-refractivity contribution is 0.305. The molecule has 5 nitrogen and oxygen atoms in total. The molecule has 0 fully saturated rings. The third-order valence-corrected chi connectivity index (χ3v) is 6.48. The van der Waals surface area contributed by atoms with Crippen LogP contribution >= 0.6 is 11.3 Å². The standard InChI is InChI=1S/C27H20N4OS/c1-2-6-18(7-3-1)17-32-20-12-19(15-28-16-20)24-14-26(31-30-24)25-13-22-21(27-10-5-11-33-27)8-4-9-23(22)29-25/h1-16,29H,17H2,(H,30,31). The van der Waals surface area contributed by atoms with Crippen molar-refractivity contribution in [3.63, 3.8) is 0 Å². The van der Waals surface area contributed by atoms with Crippen molar-refractivity contribution in [1.82, 2.24) is 20.2 Å². The maximum Gasteiger partial charge on any atom is 0.138 e. The van der Waals surface area contributed by atoms with Crippen molar-refractivity contribution in [1.29, 1.82) is 0 Å². The van der Waals surface area contributed by atoms with Gasteiger partial charge in [-0.05, 0) is 41.3 Å². The first-order valence-electron chi connectivity index (χ1n) is 10.7. The highest BCUT2D eigenvalue weighted by Crippen LogP contribution is 2.34. The van der Waals surface area contributed by atoms with Gasteiger partial charge in [-0.25, -0.2) is 0 Å². The summed E-state index contributed by atoms with van der Waals surface area (Å²) in [6.45, 7) is 0.502. The van der Waals surface area contributed by atoms with Gasteiger partial charge in [0, 0.05) is 33.1 Å². The van der Waals surface area contributed by atoms with Crippen LogP contribution < -0.4 is 4.74 Å². The van der Waals surface area contributed by atoms with Crippen molar-refractivity contribution in [2.24, 2.45) is 0 Å². The predicted octanol–water partition coefficient (Wildman–Crippen LogP) is 6.93. The van der Waals surface area contributed by atoms with Crippen LogP contribution in [0.15, 0.2) is 96.6 Å². The number of nitrogens with one attached hydrogen (secondary N) is 2. The Bertz CT molecular complexity index is 1520. The van der Waals surface area contributed by atoms with Gasteiger partial charge in [-0.3, -0.25) is 10.1 Å². The third kappa shape index (κ3) is 3.92. The van der Waals surface area contributed by atoms with Crippen LogP contribution in [0.5, 0.6) is 5.75 Å². The number of fused-ring (bicyclic) bond motifs is 1. The van der Waals surface area contributed by atoms with Gasteiger partial charge in [-0.2, -0.15) is 5.10 Å². The van der Waals surface area contributed by atoms with E-state index in [9.17, 15) is 0 Å². The Morgan fingerprint density at radius 2 is 1.79 bits per heavy atom. The molecule has 0 amide bonds. The van der Waals surface area contributed by atoms with Crippen LogP contribution in [-0.4, -0.2) is 20.2 Å². The van der Waals surface area contributed by atoms with Crippen LogP contribution in [-0.2, 0) is 6.61 Å². The van der Waals surface area contributed by atoms with Gasteiger partial charge in [0.15, 0.2) is 0 Å². The Kier molecular flexibility index (Phi) is 4.97. The largest absolute Gasteiger partial charge is 0.487 e. The lowest BCUT2D eigenvalue weighted by Gasteiger charge is -2.07. The number of aromatic nitrogens is 4. The smallest absolute Gasteiger partial charge is 0.138 e. The number of aromatic amines is 2. The highest BCUT2D eigenvalue weighted by Gasteiger charge is 2.13. The van der Waals surface area contributed by atoms with E-state index in [1.165, 1.54) is 15.8 Å². The monoisotopic (exact) mass is 448 g/mol. The summed E-state index contributed by atoms with van der Waals surface area (Å²) >= 11 is 1.75. The van der Waals surface area contributed by atoms with Gasteiger partial charge >= 0.3 is 0 Å². The number of nitrogens with zero attached hydrogens (tertiary/aromatic N) is 2. The van der Waals surface area contributed by atoms with E-state index in [1.807, 2.05) is 48.7 Å². The number of thiophene rings is 1. The zero-order chi connectivity index (χ0) is 22.0. The molecule has 6 rings (SSSR count). The molecular weight excluding hydrogens is 428 g/mol. The molecule has 6 aromatic rings. The predicted molar refractivity (Wildman–Crippen MR) is 133 cm³/mol. The van der Waals surface area contributed by atoms with Gasteiger partial charge in [-0.15, -0.1) is 11.3 Å². The number of benzene rings is 2. The molecule has 0 radical (unpaired) electrons. The van der Waals surface area contributed by atoms with Crippen LogP contribution in [0.2, 0.25) is 0 Å². The first-order valence-corrected chi connectivity index (χ1v) is 11.5. The normalized spacial score (nSPS) is 11.2. The van der Waals surface area contributed by atoms with E-state index in [0.29, 0.717) is 6.61 Å². The Hall–Kier alpha value is -4.16. The summed E-state index contributed by atoms with van der Waals surface area (Å²) in [6.07, 6.45) is 3.54. The quantitative estimate of drug-likeness (QED) is 0.290. The first kappa shape index (κ1) is 19.5. The van der Waals surface area contributed by atoms with Crippen molar-refractivity contribution >= 4 is 22.2 Å². The summed E-state index contributed by atoms with van der Waals surface area (Å²) in [5.41, 5.74) is 7.09. The summed E-state index contributed by atoms with van der Waals surface area (Å²) in [5.74, 6) is 0.721. The number of hydrogen-bond donors (Lipinski definition) is 2. The second-order valence-electron chi connectivity index (χ2n) is 7.78. The zero-order valence-electron chi connectivity index (χ0n) is 17.7. The van der Waals surface area contributed by atoms with E-state index < -0.39 is 0 Å². The molecule has 6 heteroatoms. The third-order valence-electron chi connectivity index (χ3n) is 5.58. The molecule has 2 aromatic carbocycles. The van der Waals surface area contributed by atoms with Gasteiger partial charge in [0.25, 0.3) is 0 Å². The Labute approximate surface area is 194 Å². The number of H-pyrrole nitrogens is 2. The number of ether oxygens (including phenoxy) is 1. The SMILES string of the molecule is c1ccc(COc2cncc(-c3cc(-c4cc5c(-c6cccs6)cccc5[nH]4)n[nH]3)c2)cc1. The number of hydrogen-bond acceptors (Lipinski definition) is 4. The van der Waals surface area contributed by atoms with E-state index in [1.54, 1.807) is 17.5 Å². The van der Waals surface area contributed by atoms with Crippen molar-refractivity contribution in [2.45, 2.75) is 6.61 Å². The van der Waals surface area contributed by atoms with Gasteiger partial charge < -0.3 is 9.72 Å². The van der Waals surface area contributed by atoms with E-state index >= 15 is 0 Å². The molecule has 0 aliphatic heterocycles. The Morgan fingerprint density at radius 3 is 2.67 bits per heavy atom. The lowest BCUT2D eigenvalue weighted by atomic mass is 10.1. The van der Waals surface area contributed by atoms with Crippen LogP contribution in [0.1, 0.15) is 5.56 Å². The molecule has 0 aliphatic carbocycles. The van der Waals surface area contributed by atoms with E-state index in [4.69, 9.17) is 4.74 Å². The molecule has 0 bridgehead atoms. The van der Waals surface area contributed by atoms with Crippen LogP contribution in [0.3, 0.4) is 0 Å². The fourth-order valence-electron chi connectivity index (χ4n) is 3.93.